The van der Waals surface area contributed by atoms with Gasteiger partial charge in [-0.1, -0.05) is 82.2 Å². The van der Waals surface area contributed by atoms with Crippen LogP contribution >= 0.6 is 22.6 Å². The van der Waals surface area contributed by atoms with Crippen LogP contribution < -0.4 is 15.4 Å². The smallest absolute Gasteiger partial charge is 0.303 e. The highest BCUT2D eigenvalue weighted by atomic mass is 127. The summed E-state index contributed by atoms with van der Waals surface area (Å²) in [5.41, 5.74) is 3.87. The average molecular weight is 839 g/mol. The minimum atomic E-state index is -0.904. The molecule has 288 valence electrons. The number of fused-ring (bicyclic) bond motifs is 6. The van der Waals surface area contributed by atoms with Crippen LogP contribution in [0.1, 0.15) is 134 Å². The van der Waals surface area contributed by atoms with Gasteiger partial charge in [0.15, 0.2) is 0 Å². The Morgan fingerprint density at radius 1 is 0.849 bits per heavy atom. The quantitative estimate of drug-likeness (QED) is 0.118. The predicted molar refractivity (Wildman–Crippen MR) is 217 cm³/mol. The molecule has 2 fully saturated rings. The molecule has 0 aliphatic heterocycles. The van der Waals surface area contributed by atoms with Crippen LogP contribution in [0.4, 0.5) is 5.69 Å². The fraction of sp³-hybridized carbons (Fsp3) is 0.636. The maximum absolute atomic E-state index is 14.6. The molecule has 9 heteroatoms. The summed E-state index contributed by atoms with van der Waals surface area (Å²) in [6, 6.07) is 12.7. The van der Waals surface area contributed by atoms with Crippen molar-refractivity contribution in [3.8, 4) is 5.75 Å². The van der Waals surface area contributed by atoms with Gasteiger partial charge in [0.1, 0.15) is 5.75 Å². The van der Waals surface area contributed by atoms with E-state index in [4.69, 9.17) is 9.84 Å². The lowest BCUT2D eigenvalue weighted by Crippen LogP contribution is -2.60. The van der Waals surface area contributed by atoms with Crippen LogP contribution in [0.5, 0.6) is 5.75 Å². The Kier molecular flexibility index (Phi) is 11.5. The molecule has 8 atom stereocenters. The number of imide groups is 1. The van der Waals surface area contributed by atoms with Crippen LogP contribution in [0, 0.1) is 28.6 Å². The van der Waals surface area contributed by atoms with Gasteiger partial charge in [-0.3, -0.25) is 24.5 Å². The fourth-order valence-electron chi connectivity index (χ4n) is 11.1. The summed E-state index contributed by atoms with van der Waals surface area (Å²) in [4.78, 5) is 53.5. The van der Waals surface area contributed by atoms with Crippen molar-refractivity contribution in [2.45, 2.75) is 142 Å². The number of carboxylic acids is 1. The lowest BCUT2D eigenvalue weighted by Gasteiger charge is -2.56. The molecule has 2 aromatic carbocycles. The Balaban J connectivity index is 1.21. The molecule has 0 radical (unpaired) electrons. The molecule has 3 amide bonds. The summed E-state index contributed by atoms with van der Waals surface area (Å²) >= 11 is 2.14. The Bertz CT molecular complexity index is 1760. The molecule has 8 nitrogen and oxygen atoms in total. The monoisotopic (exact) mass is 838 g/mol. The zero-order valence-electron chi connectivity index (χ0n) is 32.5. The second kappa shape index (κ2) is 15.3. The van der Waals surface area contributed by atoms with Crippen LogP contribution in [0.3, 0.4) is 0 Å². The number of rotatable bonds is 11. The minimum Gasteiger partial charge on any atom is -0.491 e. The third-order valence-electron chi connectivity index (χ3n) is 14.4. The van der Waals surface area contributed by atoms with Gasteiger partial charge >= 0.3 is 5.97 Å². The molecule has 2 unspecified atom stereocenters. The molecule has 2 saturated carbocycles. The number of anilines is 1. The summed E-state index contributed by atoms with van der Waals surface area (Å²) in [7, 11) is 0. The van der Waals surface area contributed by atoms with Crippen LogP contribution in [0.25, 0.3) is 0 Å². The highest BCUT2D eigenvalue weighted by Gasteiger charge is 2.58. The standard InChI is InChI=1S/C44H59IN2O6/c1-7-27(2)53-32-16-11-29-13-18-36-42(4,34(29)25-32)21-9-23-44(36,6)40(52)47-39(51)43(5)22-8-20-41(3)33-24-31(15-10-28(33)12-17-35(41)43)46-38(50)30(26-45)14-19-37(48)49/h10-11,15-16,24-25,27,30,35-36H,7-9,12-14,17-23,26H2,1-6H3,(H,46,50)(H,48,49)(H,47,51,52)/t27?,30-,35-,36?,41-,42-,43+,44+/m1/s1. The van der Waals surface area contributed by atoms with Crippen LogP contribution in [0.2, 0.25) is 0 Å². The first-order chi connectivity index (χ1) is 25.1. The van der Waals surface area contributed by atoms with Gasteiger partial charge in [-0.05, 0) is 140 Å². The normalized spacial score (nSPS) is 31.4. The number of amides is 3. The zero-order chi connectivity index (χ0) is 38.3. The van der Waals surface area contributed by atoms with Crippen molar-refractivity contribution in [3.05, 3.63) is 58.7 Å². The number of alkyl halides is 1. The van der Waals surface area contributed by atoms with E-state index in [9.17, 15) is 19.2 Å². The van der Waals surface area contributed by atoms with Crippen molar-refractivity contribution >= 4 is 52.0 Å². The largest absolute Gasteiger partial charge is 0.491 e. The average Bonchev–Trinajstić information content (AvgIpc) is 3.11. The van der Waals surface area contributed by atoms with Crippen LogP contribution in [-0.4, -0.2) is 39.3 Å². The van der Waals surface area contributed by atoms with Crippen molar-refractivity contribution < 1.29 is 29.0 Å². The van der Waals surface area contributed by atoms with Gasteiger partial charge in [0, 0.05) is 22.5 Å². The number of nitrogens with one attached hydrogen (secondary N) is 2. The number of carbonyl (C=O) groups excluding carboxylic acids is 3. The van der Waals surface area contributed by atoms with E-state index in [2.05, 4.69) is 105 Å². The van der Waals surface area contributed by atoms with E-state index in [1.807, 2.05) is 6.07 Å². The van der Waals surface area contributed by atoms with Gasteiger partial charge in [-0.2, -0.15) is 0 Å². The molecule has 2 aromatic rings. The van der Waals surface area contributed by atoms with Gasteiger partial charge in [-0.15, -0.1) is 0 Å². The highest BCUT2D eigenvalue weighted by molar-refractivity contribution is 14.1. The van der Waals surface area contributed by atoms with Crippen molar-refractivity contribution in [2.75, 3.05) is 9.74 Å². The van der Waals surface area contributed by atoms with E-state index in [1.54, 1.807) is 0 Å². The van der Waals surface area contributed by atoms with E-state index < -0.39 is 22.7 Å². The Morgan fingerprint density at radius 3 is 1.92 bits per heavy atom. The molecule has 4 aliphatic carbocycles. The molecule has 0 saturated heterocycles. The first-order valence-corrected chi connectivity index (χ1v) is 21.5. The number of benzene rings is 2. The molecule has 0 spiro atoms. The van der Waals surface area contributed by atoms with Gasteiger partial charge in [-0.25, -0.2) is 0 Å². The number of halogens is 1. The first-order valence-electron chi connectivity index (χ1n) is 20.0. The number of aryl methyl sites for hydroxylation is 2. The second-order valence-electron chi connectivity index (χ2n) is 17.6. The molecular weight excluding hydrogens is 779 g/mol. The molecule has 3 N–H and O–H groups in total. The summed E-state index contributed by atoms with van der Waals surface area (Å²) in [6.07, 6.45) is 10.0. The van der Waals surface area contributed by atoms with E-state index in [0.29, 0.717) is 16.5 Å². The second-order valence-corrected chi connectivity index (χ2v) is 18.5. The van der Waals surface area contributed by atoms with Gasteiger partial charge < -0.3 is 15.2 Å². The number of carboxylic acid groups (broad SMARTS) is 1. The highest BCUT2D eigenvalue weighted by Crippen LogP contribution is 2.60. The Hall–Kier alpha value is -2.95. The van der Waals surface area contributed by atoms with Crippen molar-refractivity contribution in [1.82, 2.24) is 5.32 Å². The topological polar surface area (TPSA) is 122 Å². The SMILES string of the molecule is CCC(C)Oc1ccc2c(c1)[C@@]1(C)CCC[C@](C)(C(=O)NC(=O)[C@@]3(C)CCC[C@]4(C)c5cc(NC(=O)[C@@H](CI)CCC(=O)O)ccc5CC[C@@H]34)C1CC2. The molecular formula is C44H59IN2O6. The Labute approximate surface area is 329 Å². The maximum atomic E-state index is 14.6. The Morgan fingerprint density at radius 2 is 1.40 bits per heavy atom. The van der Waals surface area contributed by atoms with Gasteiger partial charge in [0.05, 0.1) is 16.9 Å². The first kappa shape index (κ1) is 39.7. The van der Waals surface area contributed by atoms with Gasteiger partial charge in [0.25, 0.3) is 0 Å². The lowest BCUT2D eigenvalue weighted by atomic mass is 9.49. The zero-order valence-corrected chi connectivity index (χ0v) is 34.7. The van der Waals surface area contributed by atoms with Crippen molar-refractivity contribution in [3.63, 3.8) is 0 Å². The number of hydrogen-bond donors (Lipinski definition) is 3. The number of carbonyl (C=O) groups is 4. The van der Waals surface area contributed by atoms with E-state index in [-0.39, 0.29) is 52.9 Å². The summed E-state index contributed by atoms with van der Waals surface area (Å²) in [5, 5.41) is 15.3. The number of aliphatic carboxylic acids is 1. The summed E-state index contributed by atoms with van der Waals surface area (Å²) < 4.78 is 6.79. The summed E-state index contributed by atoms with van der Waals surface area (Å²) in [5.74, 6) is -0.707. The third kappa shape index (κ3) is 7.29. The molecule has 4 aliphatic rings. The van der Waals surface area contributed by atoms with E-state index >= 15 is 0 Å². The molecule has 0 heterocycles. The minimum absolute atomic E-state index is 0.0302. The molecule has 53 heavy (non-hydrogen) atoms. The van der Waals surface area contributed by atoms with Crippen molar-refractivity contribution in [1.29, 1.82) is 0 Å². The van der Waals surface area contributed by atoms with E-state index in [0.717, 1.165) is 76.4 Å². The summed E-state index contributed by atoms with van der Waals surface area (Å²) in [6.45, 7) is 13.0. The van der Waals surface area contributed by atoms with E-state index in [1.165, 1.54) is 22.3 Å². The molecule has 0 bridgehead atoms. The maximum Gasteiger partial charge on any atom is 0.303 e. The predicted octanol–water partition coefficient (Wildman–Crippen LogP) is 9.08. The van der Waals surface area contributed by atoms with Crippen molar-refractivity contribution in [2.24, 2.45) is 28.6 Å². The van der Waals surface area contributed by atoms with Crippen LogP contribution in [-0.2, 0) is 42.8 Å². The van der Waals surface area contributed by atoms with Gasteiger partial charge in [0.2, 0.25) is 17.7 Å². The molecule has 0 aromatic heterocycles. The lowest BCUT2D eigenvalue weighted by molar-refractivity contribution is -0.150. The fourth-order valence-corrected chi connectivity index (χ4v) is 12.0. The number of hydrogen-bond acceptors (Lipinski definition) is 5. The third-order valence-corrected chi connectivity index (χ3v) is 15.5. The van der Waals surface area contributed by atoms with Crippen LogP contribution in [0.15, 0.2) is 36.4 Å². The number of ether oxygens (including phenoxy) is 1. The molecule has 6 rings (SSSR count).